The van der Waals surface area contributed by atoms with Gasteiger partial charge in [0.05, 0.1) is 9.26 Å². The third-order valence-electron chi connectivity index (χ3n) is 2.95. The highest BCUT2D eigenvalue weighted by atomic mass is 127. The Hall–Kier alpha value is -1.76. The van der Waals surface area contributed by atoms with Crippen molar-refractivity contribution in [3.63, 3.8) is 0 Å². The maximum absolute atomic E-state index is 11.8. The van der Waals surface area contributed by atoms with Crippen LogP contribution in [0.15, 0.2) is 41.5 Å². The first-order valence-corrected chi connectivity index (χ1v) is 6.84. The topological polar surface area (TPSA) is 58.6 Å². The molecule has 3 rings (SSSR count). The number of hydrogen-bond donors (Lipinski definition) is 1. The van der Waals surface area contributed by atoms with Crippen molar-refractivity contribution < 1.29 is 0 Å². The van der Waals surface area contributed by atoms with Gasteiger partial charge < -0.3 is 4.98 Å². The molecule has 0 saturated heterocycles. The van der Waals surface area contributed by atoms with Gasteiger partial charge in [0.2, 0.25) is 0 Å². The van der Waals surface area contributed by atoms with E-state index in [0.29, 0.717) is 9.39 Å². The summed E-state index contributed by atoms with van der Waals surface area (Å²) < 4.78 is 0.620. The Labute approximate surface area is 123 Å². The first-order chi connectivity index (χ1) is 9.16. The Morgan fingerprint density at radius 1 is 1.21 bits per heavy atom. The molecule has 0 unspecified atom stereocenters. The van der Waals surface area contributed by atoms with Gasteiger partial charge in [0.1, 0.15) is 5.82 Å². The fraction of sp³-hybridized carbons (Fsp3) is 0.0714. The van der Waals surface area contributed by atoms with E-state index < -0.39 is 0 Å². The number of aromatic amines is 1. The van der Waals surface area contributed by atoms with Gasteiger partial charge in [-0.05, 0) is 34.9 Å². The van der Waals surface area contributed by atoms with Crippen LogP contribution in [0.3, 0.4) is 0 Å². The van der Waals surface area contributed by atoms with Gasteiger partial charge in [-0.15, -0.1) is 0 Å². The molecule has 0 spiro atoms. The number of fused-ring (bicyclic) bond motifs is 1. The Kier molecular flexibility index (Phi) is 3.06. The van der Waals surface area contributed by atoms with Gasteiger partial charge in [-0.1, -0.05) is 24.3 Å². The van der Waals surface area contributed by atoms with Crippen LogP contribution in [0.4, 0.5) is 0 Å². The lowest BCUT2D eigenvalue weighted by atomic mass is 10.1. The number of benzene rings is 1. The molecule has 3 aromatic rings. The molecule has 19 heavy (non-hydrogen) atoms. The maximum atomic E-state index is 11.8. The molecule has 2 heterocycles. The van der Waals surface area contributed by atoms with Gasteiger partial charge >= 0.3 is 0 Å². The standard InChI is InChI=1S/C14H10IN3O/c1-8-12(15)14(19)18-13(17-8)11-7-16-6-9-4-2-3-5-10(9)11/h2-7H,1H3,(H,17,18,19). The second-order valence-electron chi connectivity index (χ2n) is 4.22. The molecule has 1 N–H and O–H groups in total. The van der Waals surface area contributed by atoms with Crippen LogP contribution in [0.5, 0.6) is 0 Å². The van der Waals surface area contributed by atoms with Crippen LogP contribution < -0.4 is 5.56 Å². The summed E-state index contributed by atoms with van der Waals surface area (Å²) in [6, 6.07) is 7.91. The first kappa shape index (κ1) is 12.3. The maximum Gasteiger partial charge on any atom is 0.264 e. The van der Waals surface area contributed by atoms with Crippen LogP contribution in [-0.4, -0.2) is 15.0 Å². The SMILES string of the molecule is Cc1nc(-c2cncc3ccccc23)[nH]c(=O)c1I. The zero-order chi connectivity index (χ0) is 13.4. The van der Waals surface area contributed by atoms with Gasteiger partial charge in [-0.2, -0.15) is 0 Å². The van der Waals surface area contributed by atoms with Crippen LogP contribution in [0, 0.1) is 10.5 Å². The zero-order valence-electron chi connectivity index (χ0n) is 10.1. The van der Waals surface area contributed by atoms with Crippen molar-refractivity contribution in [2.45, 2.75) is 6.92 Å². The molecule has 0 bridgehead atoms. The monoisotopic (exact) mass is 363 g/mol. The van der Waals surface area contributed by atoms with E-state index in [1.54, 1.807) is 12.4 Å². The first-order valence-electron chi connectivity index (χ1n) is 5.76. The highest BCUT2D eigenvalue weighted by Crippen LogP contribution is 2.24. The third-order valence-corrected chi connectivity index (χ3v) is 4.22. The number of aryl methyl sites for hydroxylation is 1. The number of nitrogens with one attached hydrogen (secondary N) is 1. The minimum Gasteiger partial charge on any atom is -0.306 e. The second kappa shape index (κ2) is 4.73. The molecule has 0 radical (unpaired) electrons. The van der Waals surface area contributed by atoms with Crippen molar-refractivity contribution in [1.82, 2.24) is 15.0 Å². The third kappa shape index (κ3) is 2.14. The molecule has 0 atom stereocenters. The van der Waals surface area contributed by atoms with E-state index >= 15 is 0 Å². The Bertz CT molecular complexity index is 821. The molecule has 0 amide bonds. The lowest BCUT2D eigenvalue weighted by Gasteiger charge is -2.06. The Balaban J connectivity index is 2.34. The van der Waals surface area contributed by atoms with Crippen LogP contribution in [0.2, 0.25) is 0 Å². The highest BCUT2D eigenvalue weighted by Gasteiger charge is 2.09. The van der Waals surface area contributed by atoms with Crippen molar-refractivity contribution in [3.05, 3.63) is 56.3 Å². The van der Waals surface area contributed by atoms with E-state index in [1.807, 2.05) is 53.8 Å². The van der Waals surface area contributed by atoms with Crippen LogP contribution in [0.1, 0.15) is 5.69 Å². The molecule has 4 nitrogen and oxygen atoms in total. The summed E-state index contributed by atoms with van der Waals surface area (Å²) in [7, 11) is 0. The summed E-state index contributed by atoms with van der Waals surface area (Å²) in [6.45, 7) is 1.83. The molecule has 2 aromatic heterocycles. The van der Waals surface area contributed by atoms with Crippen molar-refractivity contribution in [2.24, 2.45) is 0 Å². The van der Waals surface area contributed by atoms with Gasteiger partial charge in [-0.3, -0.25) is 9.78 Å². The number of rotatable bonds is 1. The van der Waals surface area contributed by atoms with Crippen molar-refractivity contribution in [3.8, 4) is 11.4 Å². The number of hydrogen-bond acceptors (Lipinski definition) is 3. The van der Waals surface area contributed by atoms with Crippen molar-refractivity contribution in [2.75, 3.05) is 0 Å². The Morgan fingerprint density at radius 2 is 2.00 bits per heavy atom. The van der Waals surface area contributed by atoms with E-state index in [9.17, 15) is 4.79 Å². The van der Waals surface area contributed by atoms with Crippen LogP contribution >= 0.6 is 22.6 Å². The summed E-state index contributed by atoms with van der Waals surface area (Å²) >= 11 is 2.00. The molecule has 1 aromatic carbocycles. The highest BCUT2D eigenvalue weighted by molar-refractivity contribution is 14.1. The largest absolute Gasteiger partial charge is 0.306 e. The van der Waals surface area contributed by atoms with Crippen LogP contribution in [-0.2, 0) is 0 Å². The number of aromatic nitrogens is 3. The molecule has 5 heteroatoms. The summed E-state index contributed by atoms with van der Waals surface area (Å²) in [5.74, 6) is 0.562. The van der Waals surface area contributed by atoms with E-state index in [0.717, 1.165) is 22.0 Å². The van der Waals surface area contributed by atoms with E-state index in [-0.39, 0.29) is 5.56 Å². The van der Waals surface area contributed by atoms with Crippen LogP contribution in [0.25, 0.3) is 22.2 Å². The summed E-state index contributed by atoms with van der Waals surface area (Å²) in [6.07, 6.45) is 3.53. The average Bonchev–Trinajstić information content (AvgIpc) is 2.43. The van der Waals surface area contributed by atoms with Gasteiger partial charge in [-0.25, -0.2) is 4.98 Å². The minimum atomic E-state index is -0.115. The van der Waals surface area contributed by atoms with Gasteiger partial charge in [0.15, 0.2) is 0 Å². The number of pyridine rings is 1. The van der Waals surface area contributed by atoms with E-state index in [2.05, 4.69) is 15.0 Å². The quantitative estimate of drug-likeness (QED) is 0.677. The smallest absolute Gasteiger partial charge is 0.264 e. The van der Waals surface area contributed by atoms with Gasteiger partial charge in [0.25, 0.3) is 5.56 Å². The second-order valence-corrected chi connectivity index (χ2v) is 5.30. The van der Waals surface area contributed by atoms with Crippen molar-refractivity contribution >= 4 is 33.4 Å². The Morgan fingerprint density at radius 3 is 2.79 bits per heavy atom. The predicted octanol–water partition coefficient (Wildman–Crippen LogP) is 2.90. The molecule has 0 aliphatic rings. The fourth-order valence-corrected chi connectivity index (χ4v) is 2.26. The van der Waals surface area contributed by atoms with Gasteiger partial charge in [0, 0.05) is 23.3 Å². The summed E-state index contributed by atoms with van der Waals surface area (Å²) in [5, 5.41) is 2.06. The number of H-pyrrole nitrogens is 1. The predicted molar refractivity (Wildman–Crippen MR) is 83.0 cm³/mol. The summed E-state index contributed by atoms with van der Waals surface area (Å²) in [4.78, 5) is 23.3. The normalized spacial score (nSPS) is 10.8. The molecule has 0 aliphatic carbocycles. The van der Waals surface area contributed by atoms with E-state index in [1.165, 1.54) is 0 Å². The zero-order valence-corrected chi connectivity index (χ0v) is 12.3. The molecule has 0 fully saturated rings. The lowest BCUT2D eigenvalue weighted by molar-refractivity contribution is 1.05. The fourth-order valence-electron chi connectivity index (χ4n) is 2.00. The molecule has 0 aliphatic heterocycles. The van der Waals surface area contributed by atoms with Crippen molar-refractivity contribution in [1.29, 1.82) is 0 Å². The molecule has 94 valence electrons. The average molecular weight is 363 g/mol. The lowest BCUT2D eigenvalue weighted by Crippen LogP contribution is -2.14. The van der Waals surface area contributed by atoms with E-state index in [4.69, 9.17) is 0 Å². The number of nitrogens with zero attached hydrogens (tertiary/aromatic N) is 2. The summed E-state index contributed by atoms with van der Waals surface area (Å²) in [5.41, 5.74) is 1.46. The molecule has 0 saturated carbocycles. The molecular formula is C14H10IN3O. The minimum absolute atomic E-state index is 0.115. The molecular weight excluding hydrogens is 353 g/mol. The number of halogens is 1.